The van der Waals surface area contributed by atoms with Crippen molar-refractivity contribution >= 4 is 17.7 Å². The molecule has 2 rings (SSSR count). The topological polar surface area (TPSA) is 66.5 Å². The molecule has 1 radical (unpaired) electrons. The summed E-state index contributed by atoms with van der Waals surface area (Å²) in [6.45, 7) is 3.77. The molecule has 3 amide bonds. The van der Waals surface area contributed by atoms with Gasteiger partial charge in [0.15, 0.2) is 0 Å². The fourth-order valence-corrected chi connectivity index (χ4v) is 3.01. The van der Waals surface area contributed by atoms with Gasteiger partial charge in [-0.1, -0.05) is 75.8 Å². The summed E-state index contributed by atoms with van der Waals surface area (Å²) < 4.78 is 0. The smallest absolute Gasteiger partial charge is 0.254 e. The number of unbranched alkanes of at least 4 members (excludes halogenated alkanes) is 5. The molecule has 0 saturated heterocycles. The van der Waals surface area contributed by atoms with Gasteiger partial charge in [0.2, 0.25) is 5.91 Å². The Labute approximate surface area is 155 Å². The number of rotatable bonds is 11. The number of imide groups is 1. The molecule has 1 N–H and O–H groups in total. The van der Waals surface area contributed by atoms with E-state index in [2.05, 4.69) is 12.2 Å². The SMILES string of the molecule is CCCCCCCCC(C(=O)N[CH]c1ccccc1)N1C(=O)C=CC1=O. The van der Waals surface area contributed by atoms with Gasteiger partial charge in [-0.2, -0.15) is 0 Å². The summed E-state index contributed by atoms with van der Waals surface area (Å²) in [4.78, 5) is 37.7. The van der Waals surface area contributed by atoms with Crippen LogP contribution in [0.1, 0.15) is 57.4 Å². The highest BCUT2D eigenvalue weighted by Crippen LogP contribution is 2.17. The van der Waals surface area contributed by atoms with Gasteiger partial charge in [0.1, 0.15) is 6.04 Å². The number of carbonyl (C=O) groups is 3. The fourth-order valence-electron chi connectivity index (χ4n) is 3.01. The van der Waals surface area contributed by atoms with E-state index >= 15 is 0 Å². The Kier molecular flexibility index (Phi) is 8.06. The van der Waals surface area contributed by atoms with Gasteiger partial charge in [0.25, 0.3) is 11.8 Å². The third-order valence-electron chi connectivity index (χ3n) is 4.47. The minimum Gasteiger partial charge on any atom is -0.345 e. The van der Waals surface area contributed by atoms with Crippen molar-refractivity contribution in [3.05, 3.63) is 54.6 Å². The number of amides is 3. The van der Waals surface area contributed by atoms with Crippen LogP contribution >= 0.6 is 0 Å². The maximum atomic E-state index is 12.6. The minimum atomic E-state index is -0.767. The summed E-state index contributed by atoms with van der Waals surface area (Å²) >= 11 is 0. The van der Waals surface area contributed by atoms with Crippen LogP contribution in [-0.2, 0) is 14.4 Å². The summed E-state index contributed by atoms with van der Waals surface area (Å²) in [5.41, 5.74) is 0.858. The summed E-state index contributed by atoms with van der Waals surface area (Å²) in [6, 6.07) is 8.63. The highest BCUT2D eigenvalue weighted by atomic mass is 16.2. The van der Waals surface area contributed by atoms with Gasteiger partial charge in [-0.3, -0.25) is 19.3 Å². The van der Waals surface area contributed by atoms with Crippen molar-refractivity contribution < 1.29 is 14.4 Å². The van der Waals surface area contributed by atoms with Crippen LogP contribution in [0.15, 0.2) is 42.5 Å². The molecule has 0 fully saturated rings. The van der Waals surface area contributed by atoms with Crippen molar-refractivity contribution in [2.75, 3.05) is 0 Å². The predicted molar refractivity (Wildman–Crippen MR) is 101 cm³/mol. The second-order valence-corrected chi connectivity index (χ2v) is 6.52. The number of nitrogens with zero attached hydrogens (tertiary/aromatic N) is 1. The zero-order chi connectivity index (χ0) is 18.8. The Morgan fingerprint density at radius 1 is 1.00 bits per heavy atom. The van der Waals surface area contributed by atoms with E-state index in [0.29, 0.717) is 6.42 Å². The zero-order valence-electron chi connectivity index (χ0n) is 15.3. The lowest BCUT2D eigenvalue weighted by molar-refractivity contribution is -0.145. The molecule has 1 aliphatic rings. The minimum absolute atomic E-state index is 0.326. The molecule has 5 nitrogen and oxygen atoms in total. The molecular formula is C21H27N2O3. The van der Waals surface area contributed by atoms with Gasteiger partial charge < -0.3 is 5.32 Å². The van der Waals surface area contributed by atoms with Crippen molar-refractivity contribution in [3.63, 3.8) is 0 Å². The molecule has 1 atom stereocenters. The molecule has 0 saturated carbocycles. The zero-order valence-corrected chi connectivity index (χ0v) is 15.3. The highest BCUT2D eigenvalue weighted by molar-refractivity contribution is 6.15. The molecule has 0 bridgehead atoms. The van der Waals surface area contributed by atoms with Gasteiger partial charge >= 0.3 is 0 Å². The van der Waals surface area contributed by atoms with Crippen LogP contribution in [0.4, 0.5) is 0 Å². The van der Waals surface area contributed by atoms with Gasteiger partial charge in [-0.15, -0.1) is 0 Å². The van der Waals surface area contributed by atoms with Crippen molar-refractivity contribution in [2.24, 2.45) is 0 Å². The van der Waals surface area contributed by atoms with Gasteiger partial charge in [-0.25, -0.2) is 0 Å². The van der Waals surface area contributed by atoms with E-state index in [9.17, 15) is 14.4 Å². The molecule has 1 heterocycles. The first-order chi connectivity index (χ1) is 12.6. The molecule has 1 aromatic carbocycles. The highest BCUT2D eigenvalue weighted by Gasteiger charge is 2.35. The van der Waals surface area contributed by atoms with Gasteiger partial charge in [0, 0.05) is 12.2 Å². The van der Waals surface area contributed by atoms with Crippen LogP contribution in [0, 0.1) is 6.54 Å². The lowest BCUT2D eigenvalue weighted by Crippen LogP contribution is -2.49. The average molecular weight is 355 g/mol. The van der Waals surface area contributed by atoms with Crippen LogP contribution in [0.3, 0.4) is 0 Å². The number of benzene rings is 1. The van der Waals surface area contributed by atoms with Crippen molar-refractivity contribution in [1.82, 2.24) is 10.2 Å². The Balaban J connectivity index is 1.92. The van der Waals surface area contributed by atoms with E-state index in [1.807, 2.05) is 30.3 Å². The first kappa shape index (κ1) is 19.9. The van der Waals surface area contributed by atoms with Crippen LogP contribution in [-0.4, -0.2) is 28.7 Å². The Bertz CT molecular complexity index is 622. The van der Waals surface area contributed by atoms with Gasteiger partial charge in [-0.05, 0) is 12.0 Å². The van der Waals surface area contributed by atoms with E-state index in [1.165, 1.54) is 31.4 Å². The molecule has 5 heteroatoms. The Morgan fingerprint density at radius 2 is 1.62 bits per heavy atom. The van der Waals surface area contributed by atoms with Crippen LogP contribution in [0.2, 0.25) is 0 Å². The number of nitrogens with one attached hydrogen (secondary N) is 1. The molecular weight excluding hydrogens is 328 g/mol. The molecule has 1 aromatic rings. The lowest BCUT2D eigenvalue weighted by atomic mass is 10.0. The molecule has 0 spiro atoms. The van der Waals surface area contributed by atoms with Crippen molar-refractivity contribution in [2.45, 2.75) is 57.9 Å². The van der Waals surface area contributed by atoms with Crippen molar-refractivity contribution in [1.29, 1.82) is 0 Å². The molecule has 1 aliphatic heterocycles. The average Bonchev–Trinajstić information content (AvgIpc) is 2.98. The normalized spacial score (nSPS) is 14.7. The van der Waals surface area contributed by atoms with Crippen LogP contribution in [0.25, 0.3) is 0 Å². The quantitative estimate of drug-likeness (QED) is 0.489. The summed E-state index contributed by atoms with van der Waals surface area (Å²) in [5.74, 6) is -1.16. The predicted octanol–water partition coefficient (Wildman–Crippen LogP) is 3.36. The monoisotopic (exact) mass is 355 g/mol. The molecule has 26 heavy (non-hydrogen) atoms. The van der Waals surface area contributed by atoms with Gasteiger partial charge in [0.05, 0.1) is 6.54 Å². The van der Waals surface area contributed by atoms with E-state index in [0.717, 1.165) is 29.7 Å². The summed E-state index contributed by atoms with van der Waals surface area (Å²) in [5, 5.41) is 2.74. The lowest BCUT2D eigenvalue weighted by Gasteiger charge is -2.25. The Hall–Kier alpha value is -2.43. The van der Waals surface area contributed by atoms with E-state index in [4.69, 9.17) is 0 Å². The maximum absolute atomic E-state index is 12.6. The third-order valence-corrected chi connectivity index (χ3v) is 4.47. The van der Waals surface area contributed by atoms with E-state index < -0.39 is 17.9 Å². The molecule has 1 unspecified atom stereocenters. The fraction of sp³-hybridized carbons (Fsp3) is 0.429. The first-order valence-corrected chi connectivity index (χ1v) is 9.37. The second kappa shape index (κ2) is 10.5. The number of hydrogen-bond acceptors (Lipinski definition) is 3. The first-order valence-electron chi connectivity index (χ1n) is 9.37. The summed E-state index contributed by atoms with van der Waals surface area (Å²) in [7, 11) is 0. The van der Waals surface area contributed by atoms with Crippen LogP contribution in [0.5, 0.6) is 0 Å². The molecule has 0 aliphatic carbocycles. The molecule has 0 aromatic heterocycles. The number of hydrogen-bond donors (Lipinski definition) is 1. The second-order valence-electron chi connectivity index (χ2n) is 6.52. The van der Waals surface area contributed by atoms with E-state index in [1.54, 1.807) is 6.54 Å². The number of carbonyl (C=O) groups excluding carboxylic acids is 3. The standard InChI is InChI=1S/C21H27N2O3/c1-2-3-4-5-6-10-13-18(23-19(24)14-15-20(23)25)21(26)22-16-17-11-8-7-9-12-17/h7-9,11-12,14-16,18H,2-6,10,13H2,1H3,(H,22,26). The van der Waals surface area contributed by atoms with Crippen LogP contribution < -0.4 is 5.32 Å². The Morgan fingerprint density at radius 3 is 2.27 bits per heavy atom. The van der Waals surface area contributed by atoms with E-state index in [-0.39, 0.29) is 5.91 Å². The maximum Gasteiger partial charge on any atom is 0.254 e. The largest absolute Gasteiger partial charge is 0.345 e. The van der Waals surface area contributed by atoms with Crippen molar-refractivity contribution in [3.8, 4) is 0 Å². The molecule has 139 valence electrons. The third kappa shape index (κ3) is 5.83. The summed E-state index contributed by atoms with van der Waals surface area (Å²) in [6.07, 6.45) is 9.43.